The lowest BCUT2D eigenvalue weighted by molar-refractivity contribution is 0.0911. The maximum Gasteiger partial charge on any atom is 0.165 e. The van der Waals surface area contributed by atoms with E-state index in [2.05, 4.69) is 37.0 Å². The highest BCUT2D eigenvalue weighted by molar-refractivity contribution is 6.10. The number of hydrogen-bond acceptors (Lipinski definition) is 4. The fourth-order valence-electron chi connectivity index (χ4n) is 4.70. The first-order chi connectivity index (χ1) is 14.9. The molecule has 1 aliphatic carbocycles. The number of benzene rings is 2. The molecule has 0 amide bonds. The molecular weight excluding hydrogens is 386 g/mol. The molecule has 0 unspecified atom stereocenters. The average molecular weight is 412 g/mol. The van der Waals surface area contributed by atoms with E-state index >= 15 is 0 Å². The van der Waals surface area contributed by atoms with Crippen LogP contribution in [0.25, 0.3) is 33.4 Å². The number of Topliss-reactive ketones (excluding diaryl/α,β-unsaturated/α-hetero) is 1. The third-order valence-electron chi connectivity index (χ3n) is 6.09. The summed E-state index contributed by atoms with van der Waals surface area (Å²) >= 11 is 0. The molecule has 0 saturated carbocycles. The Morgan fingerprint density at radius 2 is 1.87 bits per heavy atom. The van der Waals surface area contributed by atoms with E-state index in [4.69, 9.17) is 9.72 Å². The first-order valence-corrected chi connectivity index (χ1v) is 10.5. The van der Waals surface area contributed by atoms with Gasteiger partial charge in [0.15, 0.2) is 11.6 Å². The molecule has 0 saturated heterocycles. The number of pyridine rings is 1. The summed E-state index contributed by atoms with van der Waals surface area (Å²) in [4.78, 5) is 22.8. The minimum absolute atomic E-state index is 0.128. The molecule has 5 rings (SSSR count). The number of aryl methyl sites for hydroxylation is 1. The summed E-state index contributed by atoms with van der Waals surface area (Å²) in [5.74, 6) is 1.66. The van der Waals surface area contributed by atoms with Crippen molar-refractivity contribution in [2.75, 3.05) is 7.11 Å². The quantitative estimate of drug-likeness (QED) is 0.449. The second kappa shape index (κ2) is 7.05. The minimum atomic E-state index is -0.128. The van der Waals surface area contributed by atoms with E-state index in [-0.39, 0.29) is 11.2 Å². The predicted octanol–water partition coefficient (Wildman–Crippen LogP) is 5.47. The van der Waals surface area contributed by atoms with Crippen molar-refractivity contribution in [1.82, 2.24) is 14.5 Å². The standard InChI is InChI=1S/C26H25N3O2/c1-26(2)14-20-24(21(30)15-26)18(13-19(28-20)25-27-11-12-29(25)3)23-17-8-6-5-7-16(17)9-10-22(23)31-4/h5-13H,14-15H2,1-4H3. The summed E-state index contributed by atoms with van der Waals surface area (Å²) in [5, 5.41) is 2.16. The molecule has 31 heavy (non-hydrogen) atoms. The van der Waals surface area contributed by atoms with Crippen LogP contribution in [0, 0.1) is 5.41 Å². The van der Waals surface area contributed by atoms with Crippen LogP contribution < -0.4 is 4.74 Å². The lowest BCUT2D eigenvalue weighted by Crippen LogP contribution is -2.28. The number of rotatable bonds is 3. The highest BCUT2D eigenvalue weighted by atomic mass is 16.5. The van der Waals surface area contributed by atoms with Crippen LogP contribution in [0.3, 0.4) is 0 Å². The number of ketones is 1. The Labute approximate surface area is 181 Å². The van der Waals surface area contributed by atoms with Crippen LogP contribution in [-0.2, 0) is 13.5 Å². The first kappa shape index (κ1) is 19.5. The molecule has 2 heterocycles. The summed E-state index contributed by atoms with van der Waals surface area (Å²) in [6.07, 6.45) is 4.92. The maximum atomic E-state index is 13.4. The number of nitrogens with zero attached hydrogens (tertiary/aromatic N) is 3. The molecule has 0 N–H and O–H groups in total. The van der Waals surface area contributed by atoms with Crippen molar-refractivity contribution in [2.45, 2.75) is 26.7 Å². The molecule has 0 spiro atoms. The Morgan fingerprint density at radius 1 is 1.06 bits per heavy atom. The molecule has 5 nitrogen and oxygen atoms in total. The van der Waals surface area contributed by atoms with E-state index in [1.54, 1.807) is 13.3 Å². The van der Waals surface area contributed by atoms with Crippen molar-refractivity contribution < 1.29 is 9.53 Å². The number of fused-ring (bicyclic) bond motifs is 2. The minimum Gasteiger partial charge on any atom is -0.496 e. The lowest BCUT2D eigenvalue weighted by atomic mass is 9.73. The highest BCUT2D eigenvalue weighted by Crippen LogP contribution is 2.44. The molecule has 2 aromatic heterocycles. The SMILES string of the molecule is COc1ccc2ccccc2c1-c1cc(-c2nccn2C)nc2c1C(=O)CC(C)(C)C2. The van der Waals surface area contributed by atoms with Crippen LogP contribution in [0.5, 0.6) is 5.75 Å². The van der Waals surface area contributed by atoms with Crippen molar-refractivity contribution in [3.63, 3.8) is 0 Å². The molecule has 0 bridgehead atoms. The molecule has 0 atom stereocenters. The zero-order valence-corrected chi connectivity index (χ0v) is 18.3. The van der Waals surface area contributed by atoms with Crippen molar-refractivity contribution in [1.29, 1.82) is 0 Å². The molecule has 0 aliphatic heterocycles. The van der Waals surface area contributed by atoms with Crippen LogP contribution in [0.2, 0.25) is 0 Å². The number of imidazole rings is 1. The van der Waals surface area contributed by atoms with Gasteiger partial charge in [-0.05, 0) is 34.7 Å². The Bertz CT molecular complexity index is 1330. The monoisotopic (exact) mass is 411 g/mol. The van der Waals surface area contributed by atoms with Gasteiger partial charge in [-0.1, -0.05) is 44.2 Å². The van der Waals surface area contributed by atoms with Crippen molar-refractivity contribution in [3.05, 3.63) is 66.1 Å². The van der Waals surface area contributed by atoms with E-state index < -0.39 is 0 Å². The van der Waals surface area contributed by atoms with Crippen molar-refractivity contribution in [2.24, 2.45) is 12.5 Å². The van der Waals surface area contributed by atoms with E-state index in [1.165, 1.54) is 0 Å². The molecule has 156 valence electrons. The number of methoxy groups -OCH3 is 1. The summed E-state index contributed by atoms with van der Waals surface area (Å²) in [6.45, 7) is 4.25. The Morgan fingerprint density at radius 3 is 2.61 bits per heavy atom. The summed E-state index contributed by atoms with van der Waals surface area (Å²) in [6, 6.07) is 14.2. The van der Waals surface area contributed by atoms with Crippen LogP contribution in [-0.4, -0.2) is 27.4 Å². The fraction of sp³-hybridized carbons (Fsp3) is 0.269. The number of hydrogen-bond donors (Lipinski definition) is 0. The van der Waals surface area contributed by atoms with Gasteiger partial charge in [0.25, 0.3) is 0 Å². The van der Waals surface area contributed by atoms with E-state index in [0.29, 0.717) is 12.0 Å². The van der Waals surface area contributed by atoms with Crippen LogP contribution in [0.1, 0.15) is 36.3 Å². The van der Waals surface area contributed by atoms with Crippen molar-refractivity contribution >= 4 is 16.6 Å². The molecular formula is C26H25N3O2. The second-order valence-electron chi connectivity index (χ2n) is 9.04. The first-order valence-electron chi connectivity index (χ1n) is 10.5. The van der Waals surface area contributed by atoms with Gasteiger partial charge in [-0.3, -0.25) is 4.79 Å². The largest absolute Gasteiger partial charge is 0.496 e. The van der Waals surface area contributed by atoms with E-state index in [1.807, 2.05) is 42.1 Å². The normalized spacial score (nSPS) is 15.2. The van der Waals surface area contributed by atoms with Crippen LogP contribution >= 0.6 is 0 Å². The number of carbonyl (C=O) groups excluding carboxylic acids is 1. The van der Waals surface area contributed by atoms with Gasteiger partial charge in [0.05, 0.1) is 12.8 Å². The Hall–Kier alpha value is -3.47. The van der Waals surface area contributed by atoms with Gasteiger partial charge < -0.3 is 9.30 Å². The number of ether oxygens (including phenoxy) is 1. The molecule has 2 aromatic carbocycles. The van der Waals surface area contributed by atoms with Crippen LogP contribution in [0.15, 0.2) is 54.9 Å². The average Bonchev–Trinajstić information content (AvgIpc) is 3.17. The smallest absolute Gasteiger partial charge is 0.165 e. The molecule has 0 fully saturated rings. The lowest BCUT2D eigenvalue weighted by Gasteiger charge is -2.31. The fourth-order valence-corrected chi connectivity index (χ4v) is 4.70. The topological polar surface area (TPSA) is 57.0 Å². The maximum absolute atomic E-state index is 13.4. The third kappa shape index (κ3) is 3.21. The Kier molecular flexibility index (Phi) is 4.43. The Balaban J connectivity index is 1.89. The highest BCUT2D eigenvalue weighted by Gasteiger charge is 2.35. The number of carbonyl (C=O) groups is 1. The zero-order valence-electron chi connectivity index (χ0n) is 18.3. The predicted molar refractivity (Wildman–Crippen MR) is 122 cm³/mol. The van der Waals surface area contributed by atoms with Gasteiger partial charge in [0.1, 0.15) is 11.4 Å². The van der Waals surface area contributed by atoms with Crippen molar-refractivity contribution in [3.8, 4) is 28.4 Å². The molecule has 5 heteroatoms. The zero-order chi connectivity index (χ0) is 21.8. The van der Waals surface area contributed by atoms with Gasteiger partial charge in [-0.2, -0.15) is 0 Å². The van der Waals surface area contributed by atoms with Gasteiger partial charge in [0, 0.05) is 42.6 Å². The summed E-state index contributed by atoms with van der Waals surface area (Å²) in [7, 11) is 3.63. The van der Waals surface area contributed by atoms with Crippen LogP contribution in [0.4, 0.5) is 0 Å². The molecule has 0 radical (unpaired) electrons. The summed E-state index contributed by atoms with van der Waals surface area (Å²) in [5.41, 5.74) is 4.00. The van der Waals surface area contributed by atoms with E-state index in [9.17, 15) is 4.79 Å². The summed E-state index contributed by atoms with van der Waals surface area (Å²) < 4.78 is 7.73. The van der Waals surface area contributed by atoms with Gasteiger partial charge in [0.2, 0.25) is 0 Å². The number of aromatic nitrogens is 3. The second-order valence-corrected chi connectivity index (χ2v) is 9.04. The molecule has 1 aliphatic rings. The van der Waals surface area contributed by atoms with Gasteiger partial charge in [-0.15, -0.1) is 0 Å². The third-order valence-corrected chi connectivity index (χ3v) is 6.09. The van der Waals surface area contributed by atoms with E-state index in [0.717, 1.165) is 51.3 Å². The van der Waals surface area contributed by atoms with Gasteiger partial charge in [-0.25, -0.2) is 9.97 Å². The molecule has 4 aromatic rings. The van der Waals surface area contributed by atoms with Gasteiger partial charge >= 0.3 is 0 Å².